The number of carbonyl (C=O) groups is 1. The highest BCUT2D eigenvalue weighted by Gasteiger charge is 2.23. The zero-order valence-electron chi connectivity index (χ0n) is 12.1. The van der Waals surface area contributed by atoms with E-state index in [0.717, 1.165) is 10.9 Å². The van der Waals surface area contributed by atoms with Gasteiger partial charge in [0.2, 0.25) is 0 Å². The van der Waals surface area contributed by atoms with Crippen LogP contribution in [0.1, 0.15) is 29.1 Å². The SMILES string of the molecule is CC(C)(CNC(=O)c1cccc2cc[nH]c12)c1cccs1. The van der Waals surface area contributed by atoms with Crippen molar-refractivity contribution in [3.05, 3.63) is 58.4 Å². The molecule has 1 amide bonds. The molecule has 21 heavy (non-hydrogen) atoms. The number of H-pyrrole nitrogens is 1. The van der Waals surface area contributed by atoms with E-state index in [0.29, 0.717) is 12.1 Å². The molecule has 108 valence electrons. The summed E-state index contributed by atoms with van der Waals surface area (Å²) in [6.07, 6.45) is 1.86. The Morgan fingerprint density at radius 2 is 2.10 bits per heavy atom. The van der Waals surface area contributed by atoms with Gasteiger partial charge < -0.3 is 10.3 Å². The number of rotatable bonds is 4. The van der Waals surface area contributed by atoms with Crippen molar-refractivity contribution in [1.82, 2.24) is 10.3 Å². The lowest BCUT2D eigenvalue weighted by atomic mass is 9.91. The fourth-order valence-corrected chi connectivity index (χ4v) is 3.27. The highest BCUT2D eigenvalue weighted by atomic mass is 32.1. The maximum absolute atomic E-state index is 12.4. The number of thiophene rings is 1. The average Bonchev–Trinajstić information content (AvgIpc) is 3.14. The average molecular weight is 298 g/mol. The number of aromatic amines is 1. The molecule has 0 fully saturated rings. The molecule has 0 atom stereocenters. The lowest BCUT2D eigenvalue weighted by Gasteiger charge is -2.23. The number of aromatic nitrogens is 1. The molecule has 0 aliphatic carbocycles. The third kappa shape index (κ3) is 2.72. The standard InChI is InChI=1S/C17H18N2OS/c1-17(2,14-7-4-10-21-14)11-19-16(20)13-6-3-5-12-8-9-18-15(12)13/h3-10,18H,11H2,1-2H3,(H,19,20). The first-order valence-electron chi connectivity index (χ1n) is 6.96. The Hall–Kier alpha value is -2.07. The lowest BCUT2D eigenvalue weighted by molar-refractivity contribution is 0.0947. The van der Waals surface area contributed by atoms with Gasteiger partial charge in [-0.3, -0.25) is 4.79 Å². The molecule has 0 saturated heterocycles. The molecule has 0 unspecified atom stereocenters. The molecule has 1 aromatic carbocycles. The highest BCUT2D eigenvalue weighted by Crippen LogP contribution is 2.27. The van der Waals surface area contributed by atoms with E-state index in [1.807, 2.05) is 36.5 Å². The van der Waals surface area contributed by atoms with E-state index in [4.69, 9.17) is 0 Å². The van der Waals surface area contributed by atoms with Crippen molar-refractivity contribution in [2.24, 2.45) is 0 Å². The molecule has 0 saturated carbocycles. The van der Waals surface area contributed by atoms with Crippen molar-refractivity contribution in [3.8, 4) is 0 Å². The molecular formula is C17H18N2OS. The van der Waals surface area contributed by atoms with E-state index >= 15 is 0 Å². The Kier molecular flexibility index (Phi) is 3.55. The first kappa shape index (κ1) is 13.9. The quantitative estimate of drug-likeness (QED) is 0.753. The molecule has 0 radical (unpaired) electrons. The second-order valence-corrected chi connectivity index (χ2v) is 6.74. The molecule has 4 heteroatoms. The molecule has 2 heterocycles. The number of amides is 1. The van der Waals surface area contributed by atoms with Gasteiger partial charge in [-0.15, -0.1) is 11.3 Å². The van der Waals surface area contributed by atoms with Gasteiger partial charge in [0.15, 0.2) is 0 Å². The van der Waals surface area contributed by atoms with Crippen LogP contribution in [0.5, 0.6) is 0 Å². The van der Waals surface area contributed by atoms with Crippen molar-refractivity contribution in [2.75, 3.05) is 6.54 Å². The third-order valence-electron chi connectivity index (χ3n) is 3.71. The summed E-state index contributed by atoms with van der Waals surface area (Å²) in [4.78, 5) is 16.9. The Morgan fingerprint density at radius 1 is 1.24 bits per heavy atom. The number of hydrogen-bond acceptors (Lipinski definition) is 2. The smallest absolute Gasteiger partial charge is 0.253 e. The predicted octanol–water partition coefficient (Wildman–Crippen LogP) is 3.94. The number of carbonyl (C=O) groups excluding carboxylic acids is 1. The minimum absolute atomic E-state index is 0.0346. The minimum atomic E-state index is -0.0620. The van der Waals surface area contributed by atoms with Gasteiger partial charge >= 0.3 is 0 Å². The molecule has 0 aliphatic heterocycles. The topological polar surface area (TPSA) is 44.9 Å². The molecule has 3 rings (SSSR count). The first-order valence-corrected chi connectivity index (χ1v) is 7.84. The second-order valence-electron chi connectivity index (χ2n) is 5.79. The second kappa shape index (κ2) is 5.37. The molecule has 3 nitrogen and oxygen atoms in total. The third-order valence-corrected chi connectivity index (χ3v) is 4.95. The van der Waals surface area contributed by atoms with E-state index in [-0.39, 0.29) is 11.3 Å². The maximum atomic E-state index is 12.4. The van der Waals surface area contributed by atoms with Crippen LogP contribution in [-0.4, -0.2) is 17.4 Å². The van der Waals surface area contributed by atoms with Gasteiger partial charge in [-0.2, -0.15) is 0 Å². The summed E-state index contributed by atoms with van der Waals surface area (Å²) in [5, 5.41) is 6.18. The summed E-state index contributed by atoms with van der Waals surface area (Å²) in [7, 11) is 0. The fourth-order valence-electron chi connectivity index (χ4n) is 2.42. The normalized spacial score (nSPS) is 11.7. The van der Waals surface area contributed by atoms with Crippen LogP contribution >= 0.6 is 11.3 Å². The Balaban J connectivity index is 1.77. The maximum Gasteiger partial charge on any atom is 0.253 e. The summed E-state index contributed by atoms with van der Waals surface area (Å²) < 4.78 is 0. The summed E-state index contributed by atoms with van der Waals surface area (Å²) in [6.45, 7) is 4.91. The van der Waals surface area contributed by atoms with Gasteiger partial charge in [0.1, 0.15) is 0 Å². The van der Waals surface area contributed by atoms with E-state index in [1.165, 1.54) is 4.88 Å². The van der Waals surface area contributed by atoms with Crippen LogP contribution in [0.2, 0.25) is 0 Å². The molecule has 0 aliphatic rings. The summed E-state index contributed by atoms with van der Waals surface area (Å²) in [5.41, 5.74) is 1.52. The van der Waals surface area contributed by atoms with E-state index in [2.05, 4.69) is 35.6 Å². The molecule has 2 aromatic heterocycles. The zero-order chi connectivity index (χ0) is 14.9. The van der Waals surface area contributed by atoms with Crippen molar-refractivity contribution >= 4 is 28.1 Å². The van der Waals surface area contributed by atoms with Crippen LogP contribution in [0.3, 0.4) is 0 Å². The monoisotopic (exact) mass is 298 g/mol. The van der Waals surface area contributed by atoms with Crippen LogP contribution in [0.15, 0.2) is 48.0 Å². The van der Waals surface area contributed by atoms with E-state index in [9.17, 15) is 4.79 Å². The predicted molar refractivity (Wildman–Crippen MR) is 88.0 cm³/mol. The number of para-hydroxylation sites is 1. The van der Waals surface area contributed by atoms with Gasteiger partial charge in [-0.05, 0) is 23.6 Å². The van der Waals surface area contributed by atoms with Crippen LogP contribution in [-0.2, 0) is 5.41 Å². The minimum Gasteiger partial charge on any atom is -0.361 e. The first-order chi connectivity index (χ1) is 10.1. The largest absolute Gasteiger partial charge is 0.361 e. The van der Waals surface area contributed by atoms with E-state index < -0.39 is 0 Å². The van der Waals surface area contributed by atoms with Crippen molar-refractivity contribution in [2.45, 2.75) is 19.3 Å². The van der Waals surface area contributed by atoms with Crippen LogP contribution in [0.4, 0.5) is 0 Å². The molecule has 0 bridgehead atoms. The number of benzene rings is 1. The fraction of sp³-hybridized carbons (Fsp3) is 0.235. The highest BCUT2D eigenvalue weighted by molar-refractivity contribution is 7.10. The number of nitrogens with one attached hydrogen (secondary N) is 2. The van der Waals surface area contributed by atoms with Crippen LogP contribution < -0.4 is 5.32 Å². The molecule has 2 N–H and O–H groups in total. The summed E-state index contributed by atoms with van der Waals surface area (Å²) >= 11 is 1.72. The van der Waals surface area contributed by atoms with Gasteiger partial charge in [0.25, 0.3) is 5.91 Å². The Morgan fingerprint density at radius 3 is 2.86 bits per heavy atom. The van der Waals surface area contributed by atoms with Crippen LogP contribution in [0.25, 0.3) is 10.9 Å². The Bertz CT molecular complexity index is 756. The van der Waals surface area contributed by atoms with Gasteiger partial charge in [-0.1, -0.05) is 32.0 Å². The molecule has 0 spiro atoms. The summed E-state index contributed by atoms with van der Waals surface area (Å²) in [6, 6.07) is 11.9. The Labute approximate surface area is 128 Å². The number of fused-ring (bicyclic) bond motifs is 1. The van der Waals surface area contributed by atoms with E-state index in [1.54, 1.807) is 11.3 Å². The van der Waals surface area contributed by atoms with Crippen molar-refractivity contribution < 1.29 is 4.79 Å². The van der Waals surface area contributed by atoms with Gasteiger partial charge in [-0.25, -0.2) is 0 Å². The number of hydrogen-bond donors (Lipinski definition) is 2. The molecular weight excluding hydrogens is 280 g/mol. The van der Waals surface area contributed by atoms with Gasteiger partial charge in [0.05, 0.1) is 11.1 Å². The van der Waals surface area contributed by atoms with Gasteiger partial charge in [0, 0.05) is 28.4 Å². The van der Waals surface area contributed by atoms with Crippen LogP contribution in [0, 0.1) is 0 Å². The molecule has 3 aromatic rings. The summed E-state index contributed by atoms with van der Waals surface area (Å²) in [5.74, 6) is -0.0346. The zero-order valence-corrected chi connectivity index (χ0v) is 13.0. The van der Waals surface area contributed by atoms with Crippen molar-refractivity contribution in [3.63, 3.8) is 0 Å². The van der Waals surface area contributed by atoms with Crippen molar-refractivity contribution in [1.29, 1.82) is 0 Å². The lowest BCUT2D eigenvalue weighted by Crippen LogP contribution is -2.36.